The van der Waals surface area contributed by atoms with Gasteiger partial charge in [-0.1, -0.05) is 0 Å². The average molecular weight is 334 g/mol. The molecule has 23 heavy (non-hydrogen) atoms. The maximum atomic E-state index is 12.8. The molecule has 0 aromatic carbocycles. The second-order valence-electron chi connectivity index (χ2n) is 7.44. The summed E-state index contributed by atoms with van der Waals surface area (Å²) in [6.07, 6.45) is 6.12. The second kappa shape index (κ2) is 6.54. The first kappa shape index (κ1) is 15.6. The molecule has 1 aromatic heterocycles. The number of hydrogen-bond donors (Lipinski definition) is 1. The van der Waals surface area contributed by atoms with Crippen LogP contribution in [0.2, 0.25) is 0 Å². The van der Waals surface area contributed by atoms with Crippen molar-refractivity contribution in [1.82, 2.24) is 10.2 Å². The van der Waals surface area contributed by atoms with Crippen molar-refractivity contribution in [2.45, 2.75) is 44.7 Å². The van der Waals surface area contributed by atoms with Crippen molar-refractivity contribution in [3.63, 3.8) is 0 Å². The predicted molar refractivity (Wildman–Crippen MR) is 91.4 cm³/mol. The molecule has 1 aliphatic heterocycles. The standard InChI is InChI=1S/C18H26N2O2S/c21-17(12-22-11-14-1-2-14)20(10-15-3-8-23-13-15)16-9-18(16)4-6-19-7-5-18/h3,8,13-14,16,19H,1-2,4-7,9-12H2. The molecule has 126 valence electrons. The molecule has 4 nitrogen and oxygen atoms in total. The molecular weight excluding hydrogens is 308 g/mol. The first-order chi connectivity index (χ1) is 11.3. The van der Waals surface area contributed by atoms with Crippen LogP contribution in [0.5, 0.6) is 0 Å². The SMILES string of the molecule is O=C(COCC1CC1)N(Cc1ccsc1)C1CC12CCNCC2. The molecular formula is C18H26N2O2S. The van der Waals surface area contributed by atoms with E-state index in [0.29, 0.717) is 17.4 Å². The highest BCUT2D eigenvalue weighted by atomic mass is 32.1. The third-order valence-electron chi connectivity index (χ3n) is 5.65. The number of piperidine rings is 1. The lowest BCUT2D eigenvalue weighted by atomic mass is 9.93. The summed E-state index contributed by atoms with van der Waals surface area (Å²) in [7, 11) is 0. The number of rotatable bonds is 7. The van der Waals surface area contributed by atoms with Gasteiger partial charge >= 0.3 is 0 Å². The molecule has 2 saturated carbocycles. The first-order valence-electron chi connectivity index (χ1n) is 8.86. The van der Waals surface area contributed by atoms with Crippen LogP contribution in [-0.2, 0) is 16.1 Å². The van der Waals surface area contributed by atoms with Crippen molar-refractivity contribution in [1.29, 1.82) is 0 Å². The van der Waals surface area contributed by atoms with E-state index in [1.54, 1.807) is 11.3 Å². The predicted octanol–water partition coefficient (Wildman–Crippen LogP) is 2.65. The van der Waals surface area contributed by atoms with E-state index in [1.807, 2.05) is 0 Å². The van der Waals surface area contributed by atoms with E-state index >= 15 is 0 Å². The van der Waals surface area contributed by atoms with Gasteiger partial charge in [-0.3, -0.25) is 4.79 Å². The molecule has 0 radical (unpaired) electrons. The Morgan fingerprint density at radius 2 is 2.22 bits per heavy atom. The summed E-state index contributed by atoms with van der Waals surface area (Å²) in [6.45, 7) is 3.95. The molecule has 5 heteroatoms. The van der Waals surface area contributed by atoms with E-state index in [9.17, 15) is 4.79 Å². The van der Waals surface area contributed by atoms with Gasteiger partial charge in [0, 0.05) is 12.6 Å². The molecule has 0 bridgehead atoms. The summed E-state index contributed by atoms with van der Waals surface area (Å²) in [5.41, 5.74) is 1.63. The molecule has 3 aliphatic rings. The zero-order valence-corrected chi connectivity index (χ0v) is 14.4. The highest BCUT2D eigenvalue weighted by molar-refractivity contribution is 7.07. The minimum absolute atomic E-state index is 0.178. The van der Waals surface area contributed by atoms with E-state index in [0.717, 1.165) is 26.2 Å². The number of carbonyl (C=O) groups is 1. The number of amides is 1. The van der Waals surface area contributed by atoms with Gasteiger partial charge in [0.05, 0.1) is 6.61 Å². The van der Waals surface area contributed by atoms with Crippen LogP contribution in [0.4, 0.5) is 0 Å². The van der Waals surface area contributed by atoms with Gasteiger partial charge in [0.15, 0.2) is 0 Å². The summed E-state index contributed by atoms with van der Waals surface area (Å²) in [4.78, 5) is 14.9. The summed E-state index contributed by atoms with van der Waals surface area (Å²) in [5.74, 6) is 0.891. The fraction of sp³-hybridized carbons (Fsp3) is 0.722. The summed E-state index contributed by atoms with van der Waals surface area (Å²) < 4.78 is 5.67. The van der Waals surface area contributed by atoms with Gasteiger partial charge in [-0.05, 0) is 78.9 Å². The highest BCUT2D eigenvalue weighted by Crippen LogP contribution is 2.56. The molecule has 2 heterocycles. The van der Waals surface area contributed by atoms with Gasteiger partial charge in [-0.25, -0.2) is 0 Å². The topological polar surface area (TPSA) is 41.6 Å². The Balaban J connectivity index is 1.39. The van der Waals surface area contributed by atoms with Crippen LogP contribution in [0.1, 0.15) is 37.7 Å². The Morgan fingerprint density at radius 1 is 1.39 bits per heavy atom. The molecule has 1 spiro atoms. The molecule has 1 unspecified atom stereocenters. The first-order valence-corrected chi connectivity index (χ1v) is 9.80. The largest absolute Gasteiger partial charge is 0.371 e. The number of carbonyl (C=O) groups excluding carboxylic acids is 1. The monoisotopic (exact) mass is 334 g/mol. The van der Waals surface area contributed by atoms with Crippen LogP contribution in [0.15, 0.2) is 16.8 Å². The minimum atomic E-state index is 0.178. The zero-order chi connectivity index (χ0) is 15.7. The Morgan fingerprint density at radius 3 is 2.91 bits per heavy atom. The quantitative estimate of drug-likeness (QED) is 0.833. The lowest BCUT2D eigenvalue weighted by Gasteiger charge is -2.29. The summed E-state index contributed by atoms with van der Waals surface area (Å²) in [5, 5.41) is 7.69. The van der Waals surface area contributed by atoms with Gasteiger partial charge in [0.25, 0.3) is 0 Å². The van der Waals surface area contributed by atoms with Crippen molar-refractivity contribution in [3.05, 3.63) is 22.4 Å². The molecule has 3 fully saturated rings. The van der Waals surface area contributed by atoms with Crippen LogP contribution in [-0.4, -0.2) is 43.2 Å². The average Bonchev–Trinajstić information content (AvgIpc) is 3.45. The van der Waals surface area contributed by atoms with Gasteiger partial charge in [0.2, 0.25) is 5.91 Å². The fourth-order valence-electron chi connectivity index (χ4n) is 3.86. The molecule has 1 N–H and O–H groups in total. The maximum absolute atomic E-state index is 12.8. The number of nitrogens with zero attached hydrogens (tertiary/aromatic N) is 1. The lowest BCUT2D eigenvalue weighted by molar-refractivity contribution is -0.138. The summed E-state index contributed by atoms with van der Waals surface area (Å²) >= 11 is 1.70. The van der Waals surface area contributed by atoms with Crippen LogP contribution in [0.3, 0.4) is 0 Å². The third-order valence-corrected chi connectivity index (χ3v) is 6.38. The smallest absolute Gasteiger partial charge is 0.249 e. The Bertz CT molecular complexity index is 535. The van der Waals surface area contributed by atoms with Gasteiger partial charge in [-0.15, -0.1) is 0 Å². The third kappa shape index (κ3) is 3.62. The highest BCUT2D eigenvalue weighted by Gasteiger charge is 2.57. The van der Waals surface area contributed by atoms with E-state index in [4.69, 9.17) is 4.74 Å². The van der Waals surface area contributed by atoms with Crippen molar-refractivity contribution in [2.24, 2.45) is 11.3 Å². The molecule has 4 rings (SSSR count). The molecule has 1 amide bonds. The number of ether oxygens (including phenoxy) is 1. The second-order valence-corrected chi connectivity index (χ2v) is 8.22. The van der Waals surface area contributed by atoms with Crippen LogP contribution in [0, 0.1) is 11.3 Å². The van der Waals surface area contributed by atoms with E-state index in [2.05, 4.69) is 27.0 Å². The normalized spacial score (nSPS) is 25.5. The van der Waals surface area contributed by atoms with Crippen molar-refractivity contribution in [2.75, 3.05) is 26.3 Å². The van der Waals surface area contributed by atoms with Crippen LogP contribution in [0.25, 0.3) is 0 Å². The lowest BCUT2D eigenvalue weighted by Crippen LogP contribution is -2.40. The summed E-state index contributed by atoms with van der Waals surface area (Å²) in [6, 6.07) is 2.55. The van der Waals surface area contributed by atoms with Gasteiger partial charge in [0.1, 0.15) is 6.61 Å². The zero-order valence-electron chi connectivity index (χ0n) is 13.6. The Hall–Kier alpha value is -0.910. The van der Waals surface area contributed by atoms with Gasteiger partial charge in [-0.2, -0.15) is 11.3 Å². The number of thiophene rings is 1. The van der Waals surface area contributed by atoms with E-state index in [-0.39, 0.29) is 12.5 Å². The van der Waals surface area contributed by atoms with E-state index in [1.165, 1.54) is 37.7 Å². The molecule has 1 aromatic rings. The van der Waals surface area contributed by atoms with Gasteiger partial charge < -0.3 is 15.0 Å². The van der Waals surface area contributed by atoms with Crippen molar-refractivity contribution < 1.29 is 9.53 Å². The molecule has 2 aliphatic carbocycles. The Labute approximate surface area is 142 Å². The van der Waals surface area contributed by atoms with Crippen LogP contribution < -0.4 is 5.32 Å². The molecule has 1 atom stereocenters. The Kier molecular flexibility index (Phi) is 4.43. The van der Waals surface area contributed by atoms with Crippen molar-refractivity contribution >= 4 is 17.2 Å². The fourth-order valence-corrected chi connectivity index (χ4v) is 4.52. The number of nitrogens with one attached hydrogen (secondary N) is 1. The number of hydrogen-bond acceptors (Lipinski definition) is 4. The molecule has 1 saturated heterocycles. The minimum Gasteiger partial charge on any atom is -0.371 e. The maximum Gasteiger partial charge on any atom is 0.249 e. The van der Waals surface area contributed by atoms with Crippen molar-refractivity contribution in [3.8, 4) is 0 Å². The van der Waals surface area contributed by atoms with Crippen LogP contribution >= 0.6 is 11.3 Å². The van der Waals surface area contributed by atoms with E-state index < -0.39 is 0 Å².